The number of hydrogen-bond acceptors (Lipinski definition) is 5. The minimum Gasteiger partial charge on any atom is -0.497 e. The molecule has 3 aromatic rings. The van der Waals surface area contributed by atoms with E-state index in [0.29, 0.717) is 31.0 Å². The standard InChI is InChI=1S/C21H22N4O3/c1-27-18-8-6-16(7-9-18)14-17-15-28-13-12-24(17)21(26)19-4-2-3-5-20(19)25-22-10-11-23-25/h2-11,17H,12-15H2,1H3/t17-/m1/s1. The van der Waals surface area contributed by atoms with E-state index in [2.05, 4.69) is 10.2 Å². The second-order valence-electron chi connectivity index (χ2n) is 6.62. The van der Waals surface area contributed by atoms with Crippen molar-refractivity contribution in [2.75, 3.05) is 26.9 Å². The van der Waals surface area contributed by atoms with Crippen molar-refractivity contribution >= 4 is 5.91 Å². The van der Waals surface area contributed by atoms with Crippen molar-refractivity contribution in [3.8, 4) is 11.4 Å². The molecule has 0 saturated carbocycles. The number of aromatic nitrogens is 3. The molecule has 0 radical (unpaired) electrons. The van der Waals surface area contributed by atoms with Crippen molar-refractivity contribution in [1.82, 2.24) is 19.9 Å². The fraction of sp³-hybridized carbons (Fsp3) is 0.286. The van der Waals surface area contributed by atoms with Crippen LogP contribution in [-0.4, -0.2) is 58.7 Å². The van der Waals surface area contributed by atoms with Gasteiger partial charge < -0.3 is 14.4 Å². The molecule has 144 valence electrons. The molecule has 0 bridgehead atoms. The molecule has 1 fully saturated rings. The zero-order valence-corrected chi connectivity index (χ0v) is 15.7. The second kappa shape index (κ2) is 8.22. The second-order valence-corrected chi connectivity index (χ2v) is 6.62. The maximum atomic E-state index is 13.4. The number of para-hydroxylation sites is 1. The highest BCUT2D eigenvalue weighted by Crippen LogP contribution is 2.21. The highest BCUT2D eigenvalue weighted by Gasteiger charge is 2.29. The summed E-state index contributed by atoms with van der Waals surface area (Å²) in [7, 11) is 1.65. The summed E-state index contributed by atoms with van der Waals surface area (Å²) in [6.45, 7) is 1.60. The van der Waals surface area contributed by atoms with Crippen molar-refractivity contribution in [2.24, 2.45) is 0 Å². The molecular weight excluding hydrogens is 356 g/mol. The van der Waals surface area contributed by atoms with Gasteiger partial charge in [-0.2, -0.15) is 15.0 Å². The lowest BCUT2D eigenvalue weighted by Crippen LogP contribution is -2.50. The van der Waals surface area contributed by atoms with Crippen LogP contribution in [0, 0.1) is 0 Å². The third kappa shape index (κ3) is 3.75. The van der Waals surface area contributed by atoms with Gasteiger partial charge in [0.1, 0.15) is 5.75 Å². The van der Waals surface area contributed by atoms with Crippen LogP contribution in [-0.2, 0) is 11.2 Å². The van der Waals surface area contributed by atoms with Gasteiger partial charge in [0, 0.05) is 6.54 Å². The number of rotatable bonds is 5. The molecule has 1 aromatic heterocycles. The Labute approximate surface area is 163 Å². The van der Waals surface area contributed by atoms with Crippen LogP contribution >= 0.6 is 0 Å². The minimum absolute atomic E-state index is 0.0327. The van der Waals surface area contributed by atoms with Crippen LogP contribution in [0.15, 0.2) is 60.9 Å². The summed E-state index contributed by atoms with van der Waals surface area (Å²) in [6.07, 6.45) is 3.92. The van der Waals surface area contributed by atoms with Gasteiger partial charge in [0.15, 0.2) is 0 Å². The molecule has 1 aliphatic rings. The molecule has 0 unspecified atom stereocenters. The number of ether oxygens (including phenoxy) is 2. The first kappa shape index (κ1) is 18.2. The molecule has 7 heteroatoms. The molecular formula is C21H22N4O3. The van der Waals surface area contributed by atoms with Gasteiger partial charge in [0.25, 0.3) is 5.91 Å². The van der Waals surface area contributed by atoms with Crippen molar-refractivity contribution in [1.29, 1.82) is 0 Å². The Morgan fingerprint density at radius 1 is 1.14 bits per heavy atom. The molecule has 4 rings (SSSR count). The maximum Gasteiger partial charge on any atom is 0.256 e. The van der Waals surface area contributed by atoms with E-state index in [1.165, 1.54) is 4.80 Å². The SMILES string of the molecule is COc1ccc(C[C@@H]2COCCN2C(=O)c2ccccc2-n2nccn2)cc1. The summed E-state index contributed by atoms with van der Waals surface area (Å²) in [6, 6.07) is 15.3. The molecule has 2 aromatic carbocycles. The summed E-state index contributed by atoms with van der Waals surface area (Å²) in [5.74, 6) is 0.784. The van der Waals surface area contributed by atoms with E-state index in [0.717, 1.165) is 17.7 Å². The Morgan fingerprint density at radius 2 is 1.89 bits per heavy atom. The van der Waals surface area contributed by atoms with Crippen LogP contribution in [0.4, 0.5) is 0 Å². The summed E-state index contributed by atoms with van der Waals surface area (Å²) in [4.78, 5) is 16.8. The van der Waals surface area contributed by atoms with E-state index in [4.69, 9.17) is 9.47 Å². The third-order valence-corrected chi connectivity index (χ3v) is 4.89. The first-order chi connectivity index (χ1) is 13.8. The first-order valence-corrected chi connectivity index (χ1v) is 9.23. The molecule has 1 atom stereocenters. The molecule has 0 aliphatic carbocycles. The highest BCUT2D eigenvalue weighted by molar-refractivity contribution is 5.98. The van der Waals surface area contributed by atoms with Crippen molar-refractivity contribution in [3.05, 3.63) is 72.1 Å². The van der Waals surface area contributed by atoms with Gasteiger partial charge in [0.05, 0.1) is 50.0 Å². The first-order valence-electron chi connectivity index (χ1n) is 9.23. The number of amides is 1. The van der Waals surface area contributed by atoms with E-state index in [9.17, 15) is 4.79 Å². The Bertz CT molecular complexity index is 925. The highest BCUT2D eigenvalue weighted by atomic mass is 16.5. The van der Waals surface area contributed by atoms with Gasteiger partial charge in [-0.05, 0) is 36.2 Å². The van der Waals surface area contributed by atoms with Gasteiger partial charge in [-0.3, -0.25) is 4.79 Å². The predicted molar refractivity (Wildman–Crippen MR) is 104 cm³/mol. The zero-order chi connectivity index (χ0) is 19.3. The molecule has 0 spiro atoms. The van der Waals surface area contributed by atoms with E-state index in [1.54, 1.807) is 19.5 Å². The minimum atomic E-state index is -0.0340. The molecule has 2 heterocycles. The molecule has 0 N–H and O–H groups in total. The van der Waals surface area contributed by atoms with Crippen molar-refractivity contribution in [3.63, 3.8) is 0 Å². The van der Waals surface area contributed by atoms with Crippen molar-refractivity contribution < 1.29 is 14.3 Å². The smallest absolute Gasteiger partial charge is 0.256 e. The number of benzene rings is 2. The average molecular weight is 378 g/mol. The third-order valence-electron chi connectivity index (χ3n) is 4.89. The zero-order valence-electron chi connectivity index (χ0n) is 15.7. The molecule has 28 heavy (non-hydrogen) atoms. The van der Waals surface area contributed by atoms with Crippen LogP contribution in [0.1, 0.15) is 15.9 Å². The fourth-order valence-corrected chi connectivity index (χ4v) is 3.45. The van der Waals surface area contributed by atoms with Gasteiger partial charge >= 0.3 is 0 Å². The number of carbonyl (C=O) groups excluding carboxylic acids is 1. The normalized spacial score (nSPS) is 16.8. The van der Waals surface area contributed by atoms with Crippen LogP contribution in [0.3, 0.4) is 0 Å². The molecule has 1 amide bonds. The Hall–Kier alpha value is -3.19. The predicted octanol–water partition coefficient (Wildman–Crippen LogP) is 2.36. The number of methoxy groups -OCH3 is 1. The van der Waals surface area contributed by atoms with Crippen LogP contribution in [0.25, 0.3) is 5.69 Å². The van der Waals surface area contributed by atoms with E-state index in [1.807, 2.05) is 53.4 Å². The average Bonchev–Trinajstić information content (AvgIpc) is 3.29. The summed E-state index contributed by atoms with van der Waals surface area (Å²) < 4.78 is 10.9. The summed E-state index contributed by atoms with van der Waals surface area (Å²) in [5, 5.41) is 8.35. The maximum absolute atomic E-state index is 13.4. The van der Waals surface area contributed by atoms with Crippen LogP contribution in [0.5, 0.6) is 5.75 Å². The number of carbonyl (C=O) groups is 1. The lowest BCUT2D eigenvalue weighted by molar-refractivity contribution is -0.00165. The number of nitrogens with zero attached hydrogens (tertiary/aromatic N) is 4. The largest absolute Gasteiger partial charge is 0.497 e. The van der Waals surface area contributed by atoms with Gasteiger partial charge in [-0.15, -0.1) is 0 Å². The fourth-order valence-electron chi connectivity index (χ4n) is 3.45. The Morgan fingerprint density at radius 3 is 2.64 bits per heavy atom. The number of hydrogen-bond donors (Lipinski definition) is 0. The topological polar surface area (TPSA) is 69.5 Å². The Balaban J connectivity index is 1.58. The van der Waals surface area contributed by atoms with Crippen LogP contribution in [0.2, 0.25) is 0 Å². The quantitative estimate of drug-likeness (QED) is 0.682. The molecule has 1 aliphatic heterocycles. The van der Waals surface area contributed by atoms with E-state index >= 15 is 0 Å². The van der Waals surface area contributed by atoms with Crippen molar-refractivity contribution in [2.45, 2.75) is 12.5 Å². The molecule has 1 saturated heterocycles. The summed E-state index contributed by atoms with van der Waals surface area (Å²) in [5.41, 5.74) is 2.39. The summed E-state index contributed by atoms with van der Waals surface area (Å²) >= 11 is 0. The monoisotopic (exact) mass is 378 g/mol. The molecule has 7 nitrogen and oxygen atoms in total. The van der Waals surface area contributed by atoms with E-state index < -0.39 is 0 Å². The van der Waals surface area contributed by atoms with Crippen LogP contribution < -0.4 is 4.74 Å². The number of morpholine rings is 1. The van der Waals surface area contributed by atoms with Gasteiger partial charge in [0.2, 0.25) is 0 Å². The van der Waals surface area contributed by atoms with Gasteiger partial charge in [-0.1, -0.05) is 24.3 Å². The Kier molecular flexibility index (Phi) is 5.34. The van der Waals surface area contributed by atoms with Gasteiger partial charge in [-0.25, -0.2) is 0 Å². The van der Waals surface area contributed by atoms with E-state index in [-0.39, 0.29) is 11.9 Å². The lowest BCUT2D eigenvalue weighted by Gasteiger charge is -2.36. The lowest BCUT2D eigenvalue weighted by atomic mass is 10.0.